The van der Waals surface area contributed by atoms with Crippen molar-refractivity contribution in [3.8, 4) is 27.9 Å². The molecule has 0 spiro atoms. The van der Waals surface area contributed by atoms with E-state index >= 15 is 0 Å². The van der Waals surface area contributed by atoms with Gasteiger partial charge in [-0.1, -0.05) is 145 Å². The summed E-state index contributed by atoms with van der Waals surface area (Å²) in [5, 5.41) is 7.96. The third-order valence-corrected chi connectivity index (χ3v) is 13.1. The number of para-hydroxylation sites is 1. The highest BCUT2D eigenvalue weighted by atomic mass is 16.1. The average molecular weight is 650 g/mol. The first-order valence-electron chi connectivity index (χ1n) is 18.1. The van der Waals surface area contributed by atoms with Crippen molar-refractivity contribution < 1.29 is 0 Å². The number of benzene rings is 6. The Morgan fingerprint density at radius 1 is 0.500 bits per heavy atom. The molecule has 0 bridgehead atoms. The number of hydrogen-bond acceptors (Lipinski definition) is 1. The van der Waals surface area contributed by atoms with Crippen molar-refractivity contribution in [3.05, 3.63) is 147 Å². The molecule has 2 aliphatic carbocycles. The van der Waals surface area contributed by atoms with Crippen LogP contribution >= 0.6 is 0 Å². The number of nitrogens with zero attached hydrogens (tertiary/aromatic N) is 1. The lowest BCUT2D eigenvalue weighted by molar-refractivity contribution is 0.125. The summed E-state index contributed by atoms with van der Waals surface area (Å²) in [6.45, 7) is 14.5. The van der Waals surface area contributed by atoms with Crippen LogP contribution in [0.3, 0.4) is 0 Å². The van der Waals surface area contributed by atoms with Crippen LogP contribution in [-0.2, 0) is 10.8 Å². The van der Waals surface area contributed by atoms with E-state index in [1.807, 2.05) is 34.9 Å². The second-order valence-corrected chi connectivity index (χ2v) is 16.0. The molecule has 0 N–H and O–H groups in total. The van der Waals surface area contributed by atoms with Gasteiger partial charge in [0.1, 0.15) is 0 Å². The van der Waals surface area contributed by atoms with Gasteiger partial charge in [0.25, 0.3) is 5.56 Å². The van der Waals surface area contributed by atoms with Crippen LogP contribution in [0.5, 0.6) is 0 Å². The number of fused-ring (bicyclic) bond motifs is 6. The first-order chi connectivity index (χ1) is 24.0. The first-order valence-corrected chi connectivity index (χ1v) is 18.1. The molecule has 0 radical (unpaired) electrons. The summed E-state index contributed by atoms with van der Waals surface area (Å²) >= 11 is 0. The molecule has 1 aromatic heterocycles. The Labute approximate surface area is 294 Å². The second kappa shape index (κ2) is 10.6. The summed E-state index contributed by atoms with van der Waals surface area (Å²) in [7, 11) is 0. The van der Waals surface area contributed by atoms with Crippen molar-refractivity contribution in [3.63, 3.8) is 0 Å². The monoisotopic (exact) mass is 649 g/mol. The zero-order valence-corrected chi connectivity index (χ0v) is 29.9. The van der Waals surface area contributed by atoms with Gasteiger partial charge in [0.05, 0.1) is 5.52 Å². The van der Waals surface area contributed by atoms with Gasteiger partial charge in [-0.3, -0.25) is 9.36 Å². The molecule has 0 saturated carbocycles. The van der Waals surface area contributed by atoms with Crippen molar-refractivity contribution in [2.24, 2.45) is 5.41 Å². The molecule has 246 valence electrons. The third-order valence-electron chi connectivity index (χ3n) is 13.1. The molecule has 0 saturated heterocycles. The Morgan fingerprint density at radius 2 is 1.00 bits per heavy atom. The minimum atomic E-state index is 0.0205. The fourth-order valence-electron chi connectivity index (χ4n) is 9.27. The van der Waals surface area contributed by atoms with Crippen molar-refractivity contribution in [2.45, 2.75) is 65.2 Å². The Morgan fingerprint density at radius 3 is 1.60 bits per heavy atom. The molecular weight excluding hydrogens is 607 g/mol. The molecule has 2 aliphatic rings. The van der Waals surface area contributed by atoms with Crippen molar-refractivity contribution in [1.29, 1.82) is 0 Å². The number of hydrogen-bond donors (Lipinski definition) is 0. The van der Waals surface area contributed by atoms with Gasteiger partial charge >= 0.3 is 0 Å². The van der Waals surface area contributed by atoms with E-state index in [9.17, 15) is 4.79 Å². The van der Waals surface area contributed by atoms with Crippen LogP contribution in [0.25, 0.3) is 72.5 Å². The predicted octanol–water partition coefficient (Wildman–Crippen LogP) is 10.6. The molecule has 2 heteroatoms. The molecule has 50 heavy (non-hydrogen) atoms. The summed E-state index contributed by atoms with van der Waals surface area (Å²) in [5.74, 6) is 0. The molecule has 2 nitrogen and oxygen atoms in total. The van der Waals surface area contributed by atoms with Crippen LogP contribution in [0, 0.1) is 5.41 Å². The third kappa shape index (κ3) is 4.05. The van der Waals surface area contributed by atoms with Crippen LogP contribution < -0.4 is 16.0 Å². The lowest BCUT2D eigenvalue weighted by Crippen LogP contribution is -2.45. The Bertz CT molecular complexity index is 2680. The topological polar surface area (TPSA) is 22.0 Å². The molecule has 0 atom stereocenters. The van der Waals surface area contributed by atoms with Crippen LogP contribution in [0.1, 0.15) is 65.5 Å². The molecule has 0 amide bonds. The van der Waals surface area contributed by atoms with Gasteiger partial charge in [0.2, 0.25) is 0 Å². The quantitative estimate of drug-likeness (QED) is 0.175. The SMILES string of the molecule is CC1(C)c2ccc(-c3c4ccccc4c(-c4ccc5c(c4)c4c(c(=O)n5-c5ccccc5)=CCCC=4)c4ccccc34)cc2C(C)(C)C1(C)C. The van der Waals surface area contributed by atoms with Crippen molar-refractivity contribution >= 4 is 44.6 Å². The zero-order chi connectivity index (χ0) is 34.6. The van der Waals surface area contributed by atoms with E-state index in [1.54, 1.807) is 0 Å². The van der Waals surface area contributed by atoms with Gasteiger partial charge in [-0.2, -0.15) is 0 Å². The van der Waals surface area contributed by atoms with Gasteiger partial charge in [0, 0.05) is 16.3 Å². The summed E-state index contributed by atoms with van der Waals surface area (Å²) in [4.78, 5) is 14.0. The summed E-state index contributed by atoms with van der Waals surface area (Å²) < 4.78 is 1.89. The number of pyridine rings is 1. The highest BCUT2D eigenvalue weighted by Crippen LogP contribution is 2.62. The molecule has 1 heterocycles. The number of aromatic nitrogens is 1. The fraction of sp³-hybridized carbons (Fsp3) is 0.229. The van der Waals surface area contributed by atoms with E-state index in [2.05, 4.69) is 139 Å². The van der Waals surface area contributed by atoms with Gasteiger partial charge in [-0.25, -0.2) is 0 Å². The maximum absolute atomic E-state index is 14.0. The summed E-state index contributed by atoms with van der Waals surface area (Å²) in [6.07, 6.45) is 6.21. The maximum atomic E-state index is 14.0. The Hall–Kier alpha value is -5.21. The minimum Gasteiger partial charge on any atom is -0.276 e. The van der Waals surface area contributed by atoms with Gasteiger partial charge < -0.3 is 0 Å². The van der Waals surface area contributed by atoms with Crippen LogP contribution in [0.15, 0.2) is 120 Å². The second-order valence-electron chi connectivity index (χ2n) is 16.0. The average Bonchev–Trinajstić information content (AvgIpc) is 3.24. The Balaban J connectivity index is 1.35. The van der Waals surface area contributed by atoms with E-state index in [1.165, 1.54) is 49.4 Å². The normalized spacial score (nSPS) is 16.9. The zero-order valence-electron chi connectivity index (χ0n) is 29.9. The van der Waals surface area contributed by atoms with Crippen molar-refractivity contribution in [2.75, 3.05) is 0 Å². The molecule has 0 aliphatic heterocycles. The standard InChI is InChI=1S/C48H43NO/c1-46(2)40-26-24-31(29-41(40)47(3,4)48(46,5)6)44-36-21-13-11-19-34(36)43(35-20-12-14-22-37(35)44)30-25-27-42-39(28-30)33-18-10-15-23-38(33)45(50)49(42)32-16-8-7-9-17-32/h7-9,11-14,16-29H,10,15H2,1-6H3. The maximum Gasteiger partial charge on any atom is 0.263 e. The van der Waals surface area contributed by atoms with Crippen LogP contribution in [0.4, 0.5) is 0 Å². The van der Waals surface area contributed by atoms with E-state index in [4.69, 9.17) is 0 Å². The highest BCUT2D eigenvalue weighted by Gasteiger charge is 2.56. The van der Waals surface area contributed by atoms with Crippen LogP contribution in [0.2, 0.25) is 0 Å². The Kier molecular flexibility index (Phi) is 6.56. The van der Waals surface area contributed by atoms with Crippen molar-refractivity contribution in [1.82, 2.24) is 4.57 Å². The van der Waals surface area contributed by atoms with Gasteiger partial charge in [-0.15, -0.1) is 0 Å². The molecule has 0 unspecified atom stereocenters. The lowest BCUT2D eigenvalue weighted by Gasteiger charge is -2.44. The van der Waals surface area contributed by atoms with E-state index < -0.39 is 0 Å². The van der Waals surface area contributed by atoms with Gasteiger partial charge in [-0.05, 0) is 113 Å². The molecular formula is C48H43NO. The van der Waals surface area contributed by atoms with E-state index in [0.29, 0.717) is 0 Å². The largest absolute Gasteiger partial charge is 0.276 e. The fourth-order valence-corrected chi connectivity index (χ4v) is 9.27. The minimum absolute atomic E-state index is 0.0205. The van der Waals surface area contributed by atoms with Crippen LogP contribution in [-0.4, -0.2) is 4.57 Å². The highest BCUT2D eigenvalue weighted by molar-refractivity contribution is 6.21. The predicted molar refractivity (Wildman–Crippen MR) is 213 cm³/mol. The van der Waals surface area contributed by atoms with Gasteiger partial charge in [0.15, 0.2) is 0 Å². The van der Waals surface area contributed by atoms with E-state index in [-0.39, 0.29) is 21.8 Å². The van der Waals surface area contributed by atoms with E-state index in [0.717, 1.165) is 45.4 Å². The molecule has 9 rings (SSSR count). The lowest BCUT2D eigenvalue weighted by atomic mass is 9.59. The molecule has 7 aromatic rings. The first kappa shape index (κ1) is 30.8. The summed E-state index contributed by atoms with van der Waals surface area (Å²) in [5.41, 5.74) is 9.94. The summed E-state index contributed by atoms with van der Waals surface area (Å²) in [6, 6.07) is 41.9. The molecule has 0 fully saturated rings. The smallest absolute Gasteiger partial charge is 0.263 e. The molecule has 6 aromatic carbocycles. The number of rotatable bonds is 3.